The quantitative estimate of drug-likeness (QED) is 0.726. The van der Waals surface area contributed by atoms with Gasteiger partial charge in [-0.1, -0.05) is 18.2 Å². The standard InChI is InChI=1S/C19H16N4O2S/c20-11-15-17(24)22-26-18(15)21-14-7-5-13(6-8-14)19(25)23-10-9-12-3-1-2-4-16(12)23/h1-8,17,21-22,24H,9-10H2. The molecule has 2 aliphatic heterocycles. The molecule has 1 unspecified atom stereocenters. The van der Waals surface area contributed by atoms with Gasteiger partial charge in [-0.3, -0.25) is 4.79 Å². The number of amides is 1. The molecule has 3 N–H and O–H groups in total. The van der Waals surface area contributed by atoms with Crippen LogP contribution in [0.15, 0.2) is 59.1 Å². The van der Waals surface area contributed by atoms with Gasteiger partial charge in [0, 0.05) is 23.5 Å². The van der Waals surface area contributed by atoms with Crippen molar-refractivity contribution in [3.05, 3.63) is 70.3 Å². The van der Waals surface area contributed by atoms with Crippen molar-refractivity contribution in [2.45, 2.75) is 12.6 Å². The number of aliphatic hydroxyl groups is 1. The van der Waals surface area contributed by atoms with Crippen molar-refractivity contribution >= 4 is 29.2 Å². The van der Waals surface area contributed by atoms with Crippen LogP contribution in [-0.2, 0) is 6.42 Å². The van der Waals surface area contributed by atoms with Gasteiger partial charge in [-0.05, 0) is 54.3 Å². The molecule has 0 saturated carbocycles. The minimum absolute atomic E-state index is 0.0224. The fourth-order valence-corrected chi connectivity index (χ4v) is 3.87. The van der Waals surface area contributed by atoms with Crippen LogP contribution < -0.4 is 14.9 Å². The van der Waals surface area contributed by atoms with Gasteiger partial charge in [0.05, 0.1) is 0 Å². The van der Waals surface area contributed by atoms with E-state index in [0.717, 1.165) is 17.8 Å². The molecule has 0 spiro atoms. The number of nitriles is 1. The summed E-state index contributed by atoms with van der Waals surface area (Å²) in [6.45, 7) is 0.691. The molecule has 2 aromatic rings. The number of nitrogens with one attached hydrogen (secondary N) is 2. The summed E-state index contributed by atoms with van der Waals surface area (Å²) in [5, 5.41) is 22.4. The summed E-state index contributed by atoms with van der Waals surface area (Å²) in [6.07, 6.45) is -0.0947. The lowest BCUT2D eigenvalue weighted by molar-refractivity contribution is 0.0989. The van der Waals surface area contributed by atoms with Gasteiger partial charge in [0.1, 0.15) is 16.7 Å². The molecule has 2 aromatic carbocycles. The number of carbonyl (C=O) groups excluding carboxylic acids is 1. The van der Waals surface area contributed by atoms with Crippen LogP contribution >= 0.6 is 11.9 Å². The third kappa shape index (κ3) is 2.95. The SMILES string of the molecule is N#CC1=C(Nc2ccc(C(=O)N3CCc4ccccc43)cc2)SNC1O. The molecule has 0 aromatic heterocycles. The Morgan fingerprint density at radius 2 is 2.04 bits per heavy atom. The average molecular weight is 364 g/mol. The Hall–Kier alpha value is -2.79. The summed E-state index contributed by atoms with van der Waals surface area (Å²) in [4.78, 5) is 14.6. The highest BCUT2D eigenvalue weighted by Crippen LogP contribution is 2.30. The first-order valence-corrected chi connectivity index (χ1v) is 9.00. The van der Waals surface area contributed by atoms with Crippen LogP contribution in [0.1, 0.15) is 15.9 Å². The van der Waals surface area contributed by atoms with E-state index in [1.54, 1.807) is 29.2 Å². The summed E-state index contributed by atoms with van der Waals surface area (Å²) in [5.74, 6) is -0.0224. The predicted molar refractivity (Wildman–Crippen MR) is 101 cm³/mol. The van der Waals surface area contributed by atoms with Crippen molar-refractivity contribution in [2.24, 2.45) is 0 Å². The van der Waals surface area contributed by atoms with Crippen LogP contribution in [0.4, 0.5) is 11.4 Å². The topological polar surface area (TPSA) is 88.4 Å². The molecule has 26 heavy (non-hydrogen) atoms. The summed E-state index contributed by atoms with van der Waals surface area (Å²) < 4.78 is 2.72. The van der Waals surface area contributed by atoms with Crippen LogP contribution in [0.2, 0.25) is 0 Å². The summed E-state index contributed by atoms with van der Waals surface area (Å²) >= 11 is 1.17. The van der Waals surface area contributed by atoms with E-state index in [4.69, 9.17) is 5.26 Å². The van der Waals surface area contributed by atoms with Gasteiger partial charge < -0.3 is 15.3 Å². The maximum atomic E-state index is 12.8. The number of anilines is 2. The number of para-hydroxylation sites is 1. The second-order valence-electron chi connectivity index (χ2n) is 6.01. The Morgan fingerprint density at radius 3 is 2.81 bits per heavy atom. The van der Waals surface area contributed by atoms with E-state index in [1.807, 2.05) is 24.3 Å². The van der Waals surface area contributed by atoms with Crippen molar-refractivity contribution in [1.82, 2.24) is 4.72 Å². The number of nitrogens with zero attached hydrogens (tertiary/aromatic N) is 2. The molecular weight excluding hydrogens is 348 g/mol. The highest BCUT2D eigenvalue weighted by Gasteiger charge is 2.26. The highest BCUT2D eigenvalue weighted by molar-refractivity contribution is 8.01. The lowest BCUT2D eigenvalue weighted by Gasteiger charge is -2.17. The largest absolute Gasteiger partial charge is 0.373 e. The van der Waals surface area contributed by atoms with Crippen LogP contribution in [0.25, 0.3) is 0 Å². The monoisotopic (exact) mass is 364 g/mol. The van der Waals surface area contributed by atoms with E-state index in [9.17, 15) is 9.90 Å². The molecule has 0 saturated heterocycles. The van der Waals surface area contributed by atoms with Crippen LogP contribution in [0, 0.1) is 11.3 Å². The molecule has 4 rings (SSSR count). The summed E-state index contributed by atoms with van der Waals surface area (Å²) in [7, 11) is 0. The Kier molecular flexibility index (Phi) is 4.39. The Labute approximate surface area is 155 Å². The normalized spacial score (nSPS) is 18.6. The maximum absolute atomic E-state index is 12.8. The van der Waals surface area contributed by atoms with Crippen LogP contribution in [0.5, 0.6) is 0 Å². The van der Waals surface area contributed by atoms with Gasteiger partial charge in [0.25, 0.3) is 5.91 Å². The predicted octanol–water partition coefficient (Wildman–Crippen LogP) is 2.61. The molecule has 0 bridgehead atoms. The van der Waals surface area contributed by atoms with Crippen molar-refractivity contribution in [1.29, 1.82) is 5.26 Å². The zero-order valence-electron chi connectivity index (χ0n) is 13.8. The van der Waals surface area contributed by atoms with Gasteiger partial charge >= 0.3 is 0 Å². The van der Waals surface area contributed by atoms with Gasteiger partial charge in [-0.25, -0.2) is 4.72 Å². The highest BCUT2D eigenvalue weighted by atomic mass is 32.2. The molecule has 6 nitrogen and oxygen atoms in total. The first-order valence-electron chi connectivity index (χ1n) is 8.19. The minimum Gasteiger partial charge on any atom is -0.373 e. The number of hydrogen-bond acceptors (Lipinski definition) is 6. The zero-order chi connectivity index (χ0) is 18.1. The van der Waals surface area contributed by atoms with Crippen molar-refractivity contribution < 1.29 is 9.90 Å². The lowest BCUT2D eigenvalue weighted by atomic mass is 10.1. The molecule has 130 valence electrons. The molecule has 2 heterocycles. The van der Waals surface area contributed by atoms with E-state index in [-0.39, 0.29) is 11.5 Å². The molecule has 0 radical (unpaired) electrons. The number of rotatable bonds is 3. The molecule has 1 amide bonds. The Balaban J connectivity index is 1.51. The number of aliphatic hydroxyl groups excluding tert-OH is 1. The number of hydrogen-bond donors (Lipinski definition) is 3. The maximum Gasteiger partial charge on any atom is 0.258 e. The second kappa shape index (κ2) is 6.84. The van der Waals surface area contributed by atoms with Crippen molar-refractivity contribution in [3.63, 3.8) is 0 Å². The van der Waals surface area contributed by atoms with Gasteiger partial charge in [-0.2, -0.15) is 5.26 Å². The molecular formula is C19H16N4O2S. The van der Waals surface area contributed by atoms with Crippen LogP contribution in [-0.4, -0.2) is 23.8 Å². The Morgan fingerprint density at radius 1 is 1.27 bits per heavy atom. The number of fused-ring (bicyclic) bond motifs is 1. The molecule has 0 fully saturated rings. The summed E-state index contributed by atoms with van der Waals surface area (Å²) in [5.41, 5.74) is 3.78. The fraction of sp³-hybridized carbons (Fsp3) is 0.158. The van der Waals surface area contributed by atoms with Crippen molar-refractivity contribution in [3.8, 4) is 6.07 Å². The van der Waals surface area contributed by atoms with E-state index in [0.29, 0.717) is 17.1 Å². The summed E-state index contributed by atoms with van der Waals surface area (Å²) in [6, 6.07) is 17.1. The molecule has 7 heteroatoms. The van der Waals surface area contributed by atoms with E-state index >= 15 is 0 Å². The number of benzene rings is 2. The van der Waals surface area contributed by atoms with Crippen LogP contribution in [0.3, 0.4) is 0 Å². The minimum atomic E-state index is -0.969. The third-order valence-corrected chi connectivity index (χ3v) is 5.30. The van der Waals surface area contributed by atoms with Gasteiger partial charge in [-0.15, -0.1) is 0 Å². The lowest BCUT2D eigenvalue weighted by Crippen LogP contribution is -2.28. The van der Waals surface area contributed by atoms with Gasteiger partial charge in [0.15, 0.2) is 6.23 Å². The Bertz CT molecular complexity index is 933. The zero-order valence-corrected chi connectivity index (χ0v) is 14.6. The average Bonchev–Trinajstić information content (AvgIpc) is 3.25. The smallest absolute Gasteiger partial charge is 0.258 e. The van der Waals surface area contributed by atoms with E-state index in [1.165, 1.54) is 17.5 Å². The molecule has 2 aliphatic rings. The first kappa shape index (κ1) is 16.7. The van der Waals surface area contributed by atoms with Gasteiger partial charge in [0.2, 0.25) is 0 Å². The fourth-order valence-electron chi connectivity index (χ4n) is 3.09. The second-order valence-corrected chi connectivity index (χ2v) is 6.86. The third-order valence-electron chi connectivity index (χ3n) is 4.43. The molecule has 0 aliphatic carbocycles. The van der Waals surface area contributed by atoms with E-state index in [2.05, 4.69) is 16.1 Å². The van der Waals surface area contributed by atoms with E-state index < -0.39 is 6.23 Å². The van der Waals surface area contributed by atoms with Crippen molar-refractivity contribution in [2.75, 3.05) is 16.8 Å². The molecule has 1 atom stereocenters. The number of carbonyl (C=O) groups is 1. The first-order chi connectivity index (χ1) is 12.7.